The van der Waals surface area contributed by atoms with Crippen molar-refractivity contribution in [2.75, 3.05) is 7.11 Å². The van der Waals surface area contributed by atoms with Crippen LogP contribution in [0.15, 0.2) is 24.3 Å². The fourth-order valence-corrected chi connectivity index (χ4v) is 2.14. The van der Waals surface area contributed by atoms with Crippen molar-refractivity contribution in [3.8, 4) is 5.75 Å². The Morgan fingerprint density at radius 2 is 1.80 bits per heavy atom. The largest absolute Gasteiger partial charge is 0.497 e. The van der Waals surface area contributed by atoms with Crippen LogP contribution >= 0.6 is 0 Å². The van der Waals surface area contributed by atoms with E-state index in [1.165, 1.54) is 6.92 Å². The lowest BCUT2D eigenvalue weighted by molar-refractivity contribution is -0.126. The second-order valence-corrected chi connectivity index (χ2v) is 6.87. The number of rotatable bonds is 6. The lowest BCUT2D eigenvalue weighted by atomic mass is 10.1. The van der Waals surface area contributed by atoms with Crippen molar-refractivity contribution >= 4 is 12.0 Å². The van der Waals surface area contributed by atoms with Crippen molar-refractivity contribution < 1.29 is 24.2 Å². The molecule has 0 heterocycles. The smallest absolute Gasteiger partial charge is 0.408 e. The Morgan fingerprint density at radius 1 is 1.16 bits per heavy atom. The number of aliphatic hydroxyl groups excluding tert-OH is 1. The first-order valence-electron chi connectivity index (χ1n) is 8.15. The quantitative estimate of drug-likeness (QED) is 0.729. The number of hydrogen-bond donors (Lipinski definition) is 3. The third-order valence-corrected chi connectivity index (χ3v) is 3.39. The topological polar surface area (TPSA) is 96.9 Å². The third-order valence-electron chi connectivity index (χ3n) is 3.39. The normalized spacial score (nSPS) is 14.8. The van der Waals surface area contributed by atoms with Crippen molar-refractivity contribution in [2.24, 2.45) is 0 Å². The summed E-state index contributed by atoms with van der Waals surface area (Å²) in [6, 6.07) is 5.84. The first-order chi connectivity index (χ1) is 11.5. The first-order valence-corrected chi connectivity index (χ1v) is 8.15. The van der Waals surface area contributed by atoms with Crippen LogP contribution in [0.25, 0.3) is 0 Å². The molecule has 1 rings (SSSR count). The van der Waals surface area contributed by atoms with Crippen LogP contribution in [0.1, 0.15) is 46.2 Å². The Bertz CT molecular complexity index is 595. The lowest BCUT2D eigenvalue weighted by Crippen LogP contribution is -2.53. The van der Waals surface area contributed by atoms with Gasteiger partial charge in [0.15, 0.2) is 0 Å². The molecule has 0 bridgehead atoms. The molecule has 0 saturated carbocycles. The number of ether oxygens (including phenoxy) is 2. The van der Waals surface area contributed by atoms with Crippen LogP contribution in [0.3, 0.4) is 0 Å². The molecule has 25 heavy (non-hydrogen) atoms. The molecule has 0 fully saturated rings. The summed E-state index contributed by atoms with van der Waals surface area (Å²) >= 11 is 0. The lowest BCUT2D eigenvalue weighted by Gasteiger charge is -2.26. The number of carbonyl (C=O) groups excluding carboxylic acids is 2. The minimum absolute atomic E-state index is 0.329. The zero-order valence-corrected chi connectivity index (χ0v) is 15.6. The summed E-state index contributed by atoms with van der Waals surface area (Å²) in [6.07, 6.45) is -1.84. The Kier molecular flexibility index (Phi) is 7.23. The van der Waals surface area contributed by atoms with Crippen LogP contribution in [0, 0.1) is 0 Å². The van der Waals surface area contributed by atoms with Gasteiger partial charge >= 0.3 is 6.09 Å². The van der Waals surface area contributed by atoms with Crippen LogP contribution in [0.4, 0.5) is 4.79 Å². The minimum atomic E-state index is -1.12. The van der Waals surface area contributed by atoms with E-state index < -0.39 is 29.7 Å². The van der Waals surface area contributed by atoms with E-state index in [-0.39, 0.29) is 6.04 Å². The molecular weight excluding hydrogens is 324 g/mol. The van der Waals surface area contributed by atoms with Crippen LogP contribution < -0.4 is 15.4 Å². The molecule has 1 aromatic rings. The molecule has 7 nitrogen and oxygen atoms in total. The Balaban J connectivity index is 2.77. The minimum Gasteiger partial charge on any atom is -0.497 e. The fraction of sp³-hybridized carbons (Fsp3) is 0.556. The summed E-state index contributed by atoms with van der Waals surface area (Å²) in [5, 5.41) is 15.0. The molecule has 0 aliphatic heterocycles. The zero-order valence-electron chi connectivity index (χ0n) is 15.6. The molecule has 0 aliphatic carbocycles. The van der Waals surface area contributed by atoms with E-state index >= 15 is 0 Å². The molecule has 0 radical (unpaired) electrons. The van der Waals surface area contributed by atoms with Gasteiger partial charge in [0, 0.05) is 0 Å². The van der Waals surface area contributed by atoms with E-state index in [9.17, 15) is 14.7 Å². The molecule has 3 N–H and O–H groups in total. The number of methoxy groups -OCH3 is 1. The summed E-state index contributed by atoms with van der Waals surface area (Å²) in [4.78, 5) is 24.3. The summed E-state index contributed by atoms with van der Waals surface area (Å²) in [6.45, 7) is 8.38. The van der Waals surface area contributed by atoms with Gasteiger partial charge in [-0.25, -0.2) is 4.79 Å². The Labute approximate surface area is 148 Å². The molecule has 3 atom stereocenters. The highest BCUT2D eigenvalue weighted by Gasteiger charge is 2.29. The van der Waals surface area contributed by atoms with Crippen LogP contribution in [0.5, 0.6) is 5.75 Å². The van der Waals surface area contributed by atoms with Gasteiger partial charge in [-0.2, -0.15) is 0 Å². The van der Waals surface area contributed by atoms with Crippen molar-refractivity contribution in [1.29, 1.82) is 0 Å². The number of carbonyl (C=O) groups is 2. The highest BCUT2D eigenvalue weighted by atomic mass is 16.6. The van der Waals surface area contributed by atoms with Crippen LogP contribution in [-0.4, -0.2) is 42.0 Å². The van der Waals surface area contributed by atoms with E-state index in [0.29, 0.717) is 5.75 Å². The van der Waals surface area contributed by atoms with E-state index in [0.717, 1.165) is 5.56 Å². The highest BCUT2D eigenvalue weighted by Crippen LogP contribution is 2.19. The standard InChI is InChI=1S/C18H28N2O5/c1-11(13-8-7-9-14(10-13)24-6)19-16(22)15(12(2)21)20-17(23)25-18(3,4)5/h7-12,15,21H,1-6H3,(H,19,22)(H,20,23)/t11-,12+,15-/m1/s1. The second kappa shape index (κ2) is 8.71. The van der Waals surface area contributed by atoms with Crippen molar-refractivity contribution in [3.05, 3.63) is 29.8 Å². The van der Waals surface area contributed by atoms with Crippen molar-refractivity contribution in [3.63, 3.8) is 0 Å². The SMILES string of the molecule is COc1cccc([C@@H](C)NC(=O)[C@H](NC(=O)OC(C)(C)C)[C@H](C)O)c1. The molecule has 0 spiro atoms. The van der Waals surface area contributed by atoms with Gasteiger partial charge < -0.3 is 25.2 Å². The average Bonchev–Trinajstić information content (AvgIpc) is 2.50. The second-order valence-electron chi connectivity index (χ2n) is 6.87. The fourth-order valence-electron chi connectivity index (χ4n) is 2.14. The highest BCUT2D eigenvalue weighted by molar-refractivity contribution is 5.86. The summed E-state index contributed by atoms with van der Waals surface area (Å²) in [7, 11) is 1.57. The van der Waals surface area contributed by atoms with E-state index in [4.69, 9.17) is 9.47 Å². The molecule has 0 saturated heterocycles. The van der Waals surface area contributed by atoms with E-state index in [2.05, 4.69) is 10.6 Å². The molecule has 0 aliphatic rings. The van der Waals surface area contributed by atoms with Gasteiger partial charge in [-0.05, 0) is 52.3 Å². The third kappa shape index (κ3) is 7.01. The Morgan fingerprint density at radius 3 is 2.32 bits per heavy atom. The molecule has 7 heteroatoms. The maximum absolute atomic E-state index is 12.5. The van der Waals surface area contributed by atoms with Crippen LogP contribution in [0.2, 0.25) is 0 Å². The maximum Gasteiger partial charge on any atom is 0.408 e. The molecule has 2 amide bonds. The van der Waals surface area contributed by atoms with Gasteiger partial charge in [0.1, 0.15) is 17.4 Å². The number of hydrogen-bond acceptors (Lipinski definition) is 5. The van der Waals surface area contributed by atoms with Crippen molar-refractivity contribution in [1.82, 2.24) is 10.6 Å². The van der Waals surface area contributed by atoms with Gasteiger partial charge in [0.2, 0.25) is 5.91 Å². The van der Waals surface area contributed by atoms with Gasteiger partial charge in [0.25, 0.3) is 0 Å². The number of alkyl carbamates (subject to hydrolysis) is 1. The number of benzene rings is 1. The molecular formula is C18H28N2O5. The molecule has 0 unspecified atom stereocenters. The van der Waals surface area contributed by atoms with Crippen molar-refractivity contribution in [2.45, 2.75) is 58.4 Å². The van der Waals surface area contributed by atoms with Gasteiger partial charge in [-0.3, -0.25) is 4.79 Å². The first kappa shape index (κ1) is 20.8. The average molecular weight is 352 g/mol. The number of amides is 2. The number of nitrogens with one attached hydrogen (secondary N) is 2. The van der Waals surface area contributed by atoms with E-state index in [1.807, 2.05) is 18.2 Å². The van der Waals surface area contributed by atoms with Gasteiger partial charge in [-0.1, -0.05) is 12.1 Å². The van der Waals surface area contributed by atoms with Crippen LogP contribution in [-0.2, 0) is 9.53 Å². The summed E-state index contributed by atoms with van der Waals surface area (Å²) in [5.41, 5.74) is 0.145. The predicted molar refractivity (Wildman–Crippen MR) is 94.4 cm³/mol. The van der Waals surface area contributed by atoms with Gasteiger partial charge in [0.05, 0.1) is 19.3 Å². The van der Waals surface area contributed by atoms with E-state index in [1.54, 1.807) is 40.9 Å². The summed E-state index contributed by atoms with van der Waals surface area (Å²) < 4.78 is 10.3. The summed E-state index contributed by atoms with van der Waals surface area (Å²) in [5.74, 6) is 0.175. The number of aliphatic hydroxyl groups is 1. The van der Waals surface area contributed by atoms with Gasteiger partial charge in [-0.15, -0.1) is 0 Å². The molecule has 1 aromatic carbocycles. The maximum atomic E-state index is 12.5. The molecule has 0 aromatic heterocycles. The monoisotopic (exact) mass is 352 g/mol. The molecule has 140 valence electrons. The predicted octanol–water partition coefficient (Wildman–Crippen LogP) is 2.15. The Hall–Kier alpha value is -2.28. The zero-order chi connectivity index (χ0) is 19.2.